The van der Waals surface area contributed by atoms with Gasteiger partial charge in [0.2, 0.25) is 5.88 Å². The van der Waals surface area contributed by atoms with Crippen molar-refractivity contribution in [3.05, 3.63) is 11.3 Å². The minimum atomic E-state index is -0.952. The lowest BCUT2D eigenvalue weighted by molar-refractivity contribution is -0.139. The first-order valence-electron chi connectivity index (χ1n) is 4.50. The van der Waals surface area contributed by atoms with Crippen LogP contribution < -0.4 is 10.1 Å². The van der Waals surface area contributed by atoms with E-state index in [1.807, 2.05) is 0 Å². The Morgan fingerprint density at radius 2 is 2.27 bits per heavy atom. The third-order valence-electron chi connectivity index (χ3n) is 2.23. The highest BCUT2D eigenvalue weighted by molar-refractivity contribution is 5.76. The minimum Gasteiger partial charge on any atom is -0.481 e. The van der Waals surface area contributed by atoms with E-state index in [2.05, 4.69) is 10.4 Å². The normalized spacial score (nSPS) is 12.5. The van der Waals surface area contributed by atoms with E-state index < -0.39 is 12.0 Å². The third kappa shape index (κ3) is 1.94. The van der Waals surface area contributed by atoms with Crippen molar-refractivity contribution in [1.29, 1.82) is 0 Å². The third-order valence-corrected chi connectivity index (χ3v) is 2.23. The van der Waals surface area contributed by atoms with Gasteiger partial charge in [-0.2, -0.15) is 5.10 Å². The second-order valence-electron chi connectivity index (χ2n) is 3.19. The van der Waals surface area contributed by atoms with E-state index in [9.17, 15) is 4.79 Å². The molecule has 0 bridgehead atoms. The molecule has 1 atom stereocenters. The Morgan fingerprint density at radius 3 is 2.67 bits per heavy atom. The Hall–Kier alpha value is -1.56. The van der Waals surface area contributed by atoms with Crippen LogP contribution in [-0.4, -0.2) is 35.0 Å². The number of aliphatic carboxylic acids is 1. The van der Waals surface area contributed by atoms with Crippen molar-refractivity contribution in [2.24, 2.45) is 7.05 Å². The lowest BCUT2D eigenvalue weighted by atomic mass is 10.1. The summed E-state index contributed by atoms with van der Waals surface area (Å²) in [6, 6.07) is -0.798. The summed E-state index contributed by atoms with van der Waals surface area (Å²) in [5, 5.41) is 15.9. The number of aryl methyl sites for hydroxylation is 2. The number of nitrogens with one attached hydrogen (secondary N) is 1. The summed E-state index contributed by atoms with van der Waals surface area (Å²) in [6.07, 6.45) is 0. The lowest BCUT2D eigenvalue weighted by Gasteiger charge is -2.12. The van der Waals surface area contributed by atoms with Crippen LogP contribution in [0.2, 0.25) is 0 Å². The second-order valence-corrected chi connectivity index (χ2v) is 3.19. The summed E-state index contributed by atoms with van der Waals surface area (Å²) in [6.45, 7) is 1.76. The van der Waals surface area contributed by atoms with Gasteiger partial charge in [0.05, 0.1) is 18.4 Å². The number of methoxy groups -OCH3 is 1. The number of nitrogens with zero attached hydrogens (tertiary/aromatic N) is 2. The van der Waals surface area contributed by atoms with Crippen molar-refractivity contribution in [2.75, 3.05) is 14.2 Å². The molecule has 0 saturated heterocycles. The van der Waals surface area contributed by atoms with Gasteiger partial charge in [0.25, 0.3) is 0 Å². The Morgan fingerprint density at radius 1 is 1.67 bits per heavy atom. The first kappa shape index (κ1) is 11.5. The molecule has 0 spiro atoms. The molecule has 0 amide bonds. The maximum atomic E-state index is 11.0. The Balaban J connectivity index is 3.27. The minimum absolute atomic E-state index is 0.467. The molecule has 0 aliphatic heterocycles. The second kappa shape index (κ2) is 4.31. The van der Waals surface area contributed by atoms with Crippen LogP contribution in [0.25, 0.3) is 0 Å². The highest BCUT2D eigenvalue weighted by Crippen LogP contribution is 2.27. The van der Waals surface area contributed by atoms with Gasteiger partial charge < -0.3 is 15.2 Å². The molecule has 1 rings (SSSR count). The van der Waals surface area contributed by atoms with E-state index in [0.29, 0.717) is 17.1 Å². The molecule has 2 N–H and O–H groups in total. The molecule has 15 heavy (non-hydrogen) atoms. The standard InChI is InChI=1S/C9H15N3O3/c1-5-6(7(10-2)9(13)14)8(15-4)12(3)11-5/h7,10H,1-4H3,(H,13,14). The number of carbonyl (C=O) groups is 1. The molecule has 0 radical (unpaired) electrons. The van der Waals surface area contributed by atoms with Gasteiger partial charge >= 0.3 is 5.97 Å². The molecule has 0 fully saturated rings. The van der Waals surface area contributed by atoms with Crippen molar-refractivity contribution in [3.63, 3.8) is 0 Å². The molecule has 0 aromatic carbocycles. The van der Waals surface area contributed by atoms with Crippen molar-refractivity contribution in [1.82, 2.24) is 15.1 Å². The van der Waals surface area contributed by atoms with Gasteiger partial charge in [0.1, 0.15) is 6.04 Å². The van der Waals surface area contributed by atoms with Gasteiger partial charge in [-0.1, -0.05) is 0 Å². The van der Waals surface area contributed by atoms with E-state index in [1.165, 1.54) is 11.8 Å². The first-order chi connectivity index (χ1) is 7.02. The summed E-state index contributed by atoms with van der Waals surface area (Å²) in [4.78, 5) is 11.0. The number of carboxylic acid groups (broad SMARTS) is 1. The highest BCUT2D eigenvalue weighted by Gasteiger charge is 2.27. The maximum Gasteiger partial charge on any atom is 0.325 e. The number of hydrogen-bond donors (Lipinski definition) is 2. The predicted molar refractivity (Wildman–Crippen MR) is 53.9 cm³/mol. The molecular formula is C9H15N3O3. The Labute approximate surface area is 87.8 Å². The average molecular weight is 213 g/mol. The van der Waals surface area contributed by atoms with Crippen LogP contribution in [0, 0.1) is 6.92 Å². The van der Waals surface area contributed by atoms with Crippen LogP contribution in [-0.2, 0) is 11.8 Å². The molecule has 1 aromatic rings. The van der Waals surface area contributed by atoms with E-state index in [4.69, 9.17) is 9.84 Å². The lowest BCUT2D eigenvalue weighted by Crippen LogP contribution is -2.25. The van der Waals surface area contributed by atoms with Crippen LogP contribution in [0.3, 0.4) is 0 Å². The number of rotatable bonds is 4. The van der Waals surface area contributed by atoms with E-state index in [-0.39, 0.29) is 0 Å². The smallest absolute Gasteiger partial charge is 0.325 e. The summed E-state index contributed by atoms with van der Waals surface area (Å²) >= 11 is 0. The maximum absolute atomic E-state index is 11.0. The predicted octanol–water partition coefficient (Wildman–Crippen LogP) is 0.0822. The van der Waals surface area contributed by atoms with Gasteiger partial charge in [0.15, 0.2) is 0 Å². The van der Waals surface area contributed by atoms with Crippen LogP contribution in [0.1, 0.15) is 17.3 Å². The summed E-state index contributed by atoms with van der Waals surface area (Å²) < 4.78 is 6.65. The zero-order valence-electron chi connectivity index (χ0n) is 9.24. The van der Waals surface area contributed by atoms with Crippen molar-refractivity contribution >= 4 is 5.97 Å². The van der Waals surface area contributed by atoms with Crippen molar-refractivity contribution < 1.29 is 14.6 Å². The zero-order chi connectivity index (χ0) is 11.6. The van der Waals surface area contributed by atoms with Gasteiger partial charge in [-0.3, -0.25) is 4.79 Å². The number of ether oxygens (including phenoxy) is 1. The fourth-order valence-electron chi connectivity index (χ4n) is 1.62. The fraction of sp³-hybridized carbons (Fsp3) is 0.556. The van der Waals surface area contributed by atoms with E-state index >= 15 is 0 Å². The van der Waals surface area contributed by atoms with Crippen LogP contribution in [0.5, 0.6) is 5.88 Å². The van der Waals surface area contributed by atoms with Crippen LogP contribution in [0.15, 0.2) is 0 Å². The summed E-state index contributed by atoms with van der Waals surface area (Å²) in [5.41, 5.74) is 1.21. The largest absolute Gasteiger partial charge is 0.481 e. The summed E-state index contributed by atoms with van der Waals surface area (Å²) in [7, 11) is 4.79. The molecule has 6 nitrogen and oxygen atoms in total. The number of likely N-dealkylation sites (N-methyl/N-ethyl adjacent to an activating group) is 1. The monoisotopic (exact) mass is 213 g/mol. The topological polar surface area (TPSA) is 76.4 Å². The molecular weight excluding hydrogens is 198 g/mol. The molecule has 1 heterocycles. The molecule has 0 aliphatic carbocycles. The molecule has 0 saturated carbocycles. The van der Waals surface area contributed by atoms with Gasteiger partial charge in [-0.15, -0.1) is 0 Å². The molecule has 84 valence electrons. The van der Waals surface area contributed by atoms with Gasteiger partial charge in [0, 0.05) is 7.05 Å². The Bertz CT molecular complexity index is 373. The quantitative estimate of drug-likeness (QED) is 0.740. The van der Waals surface area contributed by atoms with Crippen molar-refractivity contribution in [2.45, 2.75) is 13.0 Å². The van der Waals surface area contributed by atoms with Crippen LogP contribution >= 0.6 is 0 Å². The van der Waals surface area contributed by atoms with Gasteiger partial charge in [-0.05, 0) is 14.0 Å². The number of carboxylic acids is 1. The fourth-order valence-corrected chi connectivity index (χ4v) is 1.62. The summed E-state index contributed by atoms with van der Waals surface area (Å²) in [5.74, 6) is -0.485. The number of hydrogen-bond acceptors (Lipinski definition) is 4. The average Bonchev–Trinajstić information content (AvgIpc) is 2.42. The molecule has 6 heteroatoms. The van der Waals surface area contributed by atoms with Gasteiger partial charge in [-0.25, -0.2) is 4.68 Å². The SMILES string of the molecule is CNC(C(=O)O)c1c(C)nn(C)c1OC. The van der Waals surface area contributed by atoms with E-state index in [0.717, 1.165) is 0 Å². The first-order valence-corrected chi connectivity index (χ1v) is 4.50. The highest BCUT2D eigenvalue weighted by atomic mass is 16.5. The van der Waals surface area contributed by atoms with E-state index in [1.54, 1.807) is 21.0 Å². The van der Waals surface area contributed by atoms with Crippen LogP contribution in [0.4, 0.5) is 0 Å². The van der Waals surface area contributed by atoms with Crippen molar-refractivity contribution in [3.8, 4) is 5.88 Å². The Kier molecular flexibility index (Phi) is 3.31. The molecule has 1 unspecified atom stereocenters. The molecule has 0 aliphatic rings. The molecule has 1 aromatic heterocycles. The number of aromatic nitrogens is 2. The zero-order valence-corrected chi connectivity index (χ0v) is 9.24.